The number of hydrogen-bond acceptors (Lipinski definition) is 3. The molecule has 0 aliphatic carbocycles. The number of nitrogens with zero attached hydrogens (tertiary/aromatic N) is 2. The van der Waals surface area contributed by atoms with Gasteiger partial charge in [0.25, 0.3) is 0 Å². The minimum absolute atomic E-state index is 0.0904. The Labute approximate surface area is 188 Å². The third-order valence-corrected chi connectivity index (χ3v) is 5.24. The van der Waals surface area contributed by atoms with Gasteiger partial charge in [-0.3, -0.25) is 0 Å². The van der Waals surface area contributed by atoms with Gasteiger partial charge in [0.1, 0.15) is 12.4 Å². The Morgan fingerprint density at radius 2 is 1.44 bits per heavy atom. The van der Waals surface area contributed by atoms with E-state index in [-0.39, 0.29) is 6.61 Å². The summed E-state index contributed by atoms with van der Waals surface area (Å²) in [6, 6.07) is 30.8. The van der Waals surface area contributed by atoms with Gasteiger partial charge >= 0.3 is 5.97 Å². The number of hydrogen-bond donors (Lipinski definition) is 0. The van der Waals surface area contributed by atoms with E-state index in [2.05, 4.69) is 47.5 Å². The van der Waals surface area contributed by atoms with Crippen molar-refractivity contribution >= 4 is 5.97 Å². The summed E-state index contributed by atoms with van der Waals surface area (Å²) in [7, 11) is 0. The first-order valence-electron chi connectivity index (χ1n) is 10.7. The molecule has 0 unspecified atom stereocenters. The van der Waals surface area contributed by atoms with Crippen LogP contribution in [0.3, 0.4) is 0 Å². The summed E-state index contributed by atoms with van der Waals surface area (Å²) in [5, 5.41) is 0. The lowest BCUT2D eigenvalue weighted by molar-refractivity contribution is -0.140. The van der Waals surface area contributed by atoms with E-state index in [1.54, 1.807) is 6.92 Å². The molecule has 32 heavy (non-hydrogen) atoms. The van der Waals surface area contributed by atoms with E-state index >= 15 is 0 Å². The molecule has 0 radical (unpaired) electrons. The molecular formula is C28H26N2O2. The zero-order valence-electron chi connectivity index (χ0n) is 18.2. The van der Waals surface area contributed by atoms with Gasteiger partial charge in [-0.2, -0.15) is 0 Å². The summed E-state index contributed by atoms with van der Waals surface area (Å²) in [5.41, 5.74) is 5.79. The molecule has 0 amide bonds. The van der Waals surface area contributed by atoms with E-state index in [0.717, 1.165) is 22.5 Å². The van der Waals surface area contributed by atoms with E-state index in [0.29, 0.717) is 24.4 Å². The molecular weight excluding hydrogens is 396 g/mol. The summed E-state index contributed by atoms with van der Waals surface area (Å²) < 4.78 is 7.66. The predicted octanol–water partition coefficient (Wildman–Crippen LogP) is 5.81. The molecule has 1 heterocycles. The largest absolute Gasteiger partial charge is 0.454 e. The summed E-state index contributed by atoms with van der Waals surface area (Å²) in [5.74, 6) is 0.304. The van der Waals surface area contributed by atoms with Crippen molar-refractivity contribution in [3.8, 4) is 11.3 Å². The summed E-state index contributed by atoms with van der Waals surface area (Å²) in [4.78, 5) is 17.0. The number of benzene rings is 3. The topological polar surface area (TPSA) is 44.1 Å². The number of aromatic nitrogens is 2. The highest BCUT2D eigenvalue weighted by Crippen LogP contribution is 2.29. The van der Waals surface area contributed by atoms with Crippen LogP contribution in [0.15, 0.2) is 103 Å². The highest BCUT2D eigenvalue weighted by atomic mass is 16.5. The maximum absolute atomic E-state index is 12.1. The molecule has 0 spiro atoms. The van der Waals surface area contributed by atoms with E-state index in [9.17, 15) is 4.79 Å². The van der Waals surface area contributed by atoms with Crippen LogP contribution < -0.4 is 0 Å². The fourth-order valence-electron chi connectivity index (χ4n) is 3.68. The van der Waals surface area contributed by atoms with Crippen molar-refractivity contribution in [2.45, 2.75) is 26.5 Å². The van der Waals surface area contributed by atoms with Crippen molar-refractivity contribution in [2.75, 3.05) is 0 Å². The Bertz CT molecular complexity index is 1200. The van der Waals surface area contributed by atoms with Crippen LogP contribution >= 0.6 is 0 Å². The second-order valence-electron chi connectivity index (χ2n) is 7.78. The molecule has 3 aromatic carbocycles. The molecule has 0 aliphatic rings. The normalized spacial score (nSPS) is 10.7. The summed E-state index contributed by atoms with van der Waals surface area (Å²) >= 11 is 0. The lowest BCUT2D eigenvalue weighted by atomic mass is 10.0. The quantitative estimate of drug-likeness (QED) is 0.266. The highest BCUT2D eigenvalue weighted by molar-refractivity contribution is 5.86. The number of rotatable bonds is 8. The number of carbonyl (C=O) groups is 1. The lowest BCUT2D eigenvalue weighted by Crippen LogP contribution is -2.11. The van der Waals surface area contributed by atoms with Crippen molar-refractivity contribution in [1.29, 1.82) is 0 Å². The summed E-state index contributed by atoms with van der Waals surface area (Å²) in [6.45, 7) is 6.05. The van der Waals surface area contributed by atoms with E-state index in [4.69, 9.17) is 9.72 Å². The van der Waals surface area contributed by atoms with Crippen LogP contribution in [0.2, 0.25) is 0 Å². The monoisotopic (exact) mass is 422 g/mol. The molecule has 4 heteroatoms. The molecule has 1 aromatic heterocycles. The van der Waals surface area contributed by atoms with Crippen LogP contribution in [0.4, 0.5) is 0 Å². The van der Waals surface area contributed by atoms with E-state index < -0.39 is 5.97 Å². The molecule has 0 saturated heterocycles. The Morgan fingerprint density at radius 3 is 2.03 bits per heavy atom. The van der Waals surface area contributed by atoms with Gasteiger partial charge in [-0.1, -0.05) is 97.6 Å². The maximum atomic E-state index is 12.1. The van der Waals surface area contributed by atoms with Crippen molar-refractivity contribution in [1.82, 2.24) is 9.55 Å². The fraction of sp³-hybridized carbons (Fsp3) is 0.143. The molecule has 4 rings (SSSR count). The molecule has 0 fully saturated rings. The van der Waals surface area contributed by atoms with Crippen LogP contribution in [-0.4, -0.2) is 15.5 Å². The lowest BCUT2D eigenvalue weighted by Gasteiger charge is -2.14. The SMILES string of the molecule is C=C(C)C(=O)OCc1nc(Cc2ccccc2)c(-c2ccccc2)n1Cc1ccccc1. The van der Waals surface area contributed by atoms with Gasteiger partial charge in [0, 0.05) is 24.1 Å². The first kappa shape index (κ1) is 21.3. The Morgan fingerprint density at radius 1 is 0.875 bits per heavy atom. The summed E-state index contributed by atoms with van der Waals surface area (Å²) in [6.07, 6.45) is 0.689. The van der Waals surface area contributed by atoms with Crippen molar-refractivity contribution in [3.05, 3.63) is 126 Å². The van der Waals surface area contributed by atoms with Gasteiger partial charge in [-0.15, -0.1) is 0 Å². The average Bonchev–Trinajstić information content (AvgIpc) is 3.15. The molecule has 4 aromatic rings. The average molecular weight is 423 g/mol. The van der Waals surface area contributed by atoms with Gasteiger partial charge in [0.2, 0.25) is 0 Å². The van der Waals surface area contributed by atoms with E-state index in [1.165, 1.54) is 5.56 Å². The first-order valence-corrected chi connectivity index (χ1v) is 10.7. The minimum Gasteiger partial charge on any atom is -0.454 e. The molecule has 0 aliphatic heterocycles. The number of esters is 1. The van der Waals surface area contributed by atoms with Crippen LogP contribution in [0.1, 0.15) is 29.6 Å². The molecule has 160 valence electrons. The van der Waals surface area contributed by atoms with E-state index in [1.807, 2.05) is 54.6 Å². The van der Waals surface area contributed by atoms with Gasteiger partial charge in [0.15, 0.2) is 0 Å². The van der Waals surface area contributed by atoms with Crippen LogP contribution in [0.5, 0.6) is 0 Å². The van der Waals surface area contributed by atoms with Crippen molar-refractivity contribution < 1.29 is 9.53 Å². The highest BCUT2D eigenvalue weighted by Gasteiger charge is 2.20. The number of imidazole rings is 1. The number of ether oxygens (including phenoxy) is 1. The third kappa shape index (κ3) is 5.03. The smallest absolute Gasteiger partial charge is 0.333 e. The molecule has 0 N–H and O–H groups in total. The Hall–Kier alpha value is -3.92. The van der Waals surface area contributed by atoms with Gasteiger partial charge in [-0.05, 0) is 18.1 Å². The van der Waals surface area contributed by atoms with Gasteiger partial charge in [0.05, 0.1) is 11.4 Å². The Balaban J connectivity index is 1.81. The second kappa shape index (κ2) is 9.92. The minimum atomic E-state index is -0.412. The standard InChI is InChI=1S/C28H26N2O2/c1-21(2)28(31)32-20-26-29-25(18-22-12-6-3-7-13-22)27(24-16-10-5-11-17-24)30(26)19-23-14-8-4-9-15-23/h3-17H,1,18-20H2,2H3. The van der Waals surface area contributed by atoms with Crippen LogP contribution in [0.25, 0.3) is 11.3 Å². The molecule has 0 saturated carbocycles. The maximum Gasteiger partial charge on any atom is 0.333 e. The zero-order chi connectivity index (χ0) is 22.3. The van der Waals surface area contributed by atoms with Crippen LogP contribution in [0, 0.1) is 0 Å². The van der Waals surface area contributed by atoms with Gasteiger partial charge in [-0.25, -0.2) is 9.78 Å². The van der Waals surface area contributed by atoms with Crippen LogP contribution in [-0.2, 0) is 29.1 Å². The molecule has 4 nitrogen and oxygen atoms in total. The number of carbonyl (C=O) groups excluding carboxylic acids is 1. The Kier molecular flexibility index (Phi) is 6.61. The third-order valence-electron chi connectivity index (χ3n) is 5.24. The molecule has 0 bridgehead atoms. The van der Waals surface area contributed by atoms with Gasteiger partial charge < -0.3 is 9.30 Å². The van der Waals surface area contributed by atoms with Crippen molar-refractivity contribution in [2.24, 2.45) is 0 Å². The first-order chi connectivity index (χ1) is 15.6. The second-order valence-corrected chi connectivity index (χ2v) is 7.78. The predicted molar refractivity (Wildman–Crippen MR) is 127 cm³/mol. The fourth-order valence-corrected chi connectivity index (χ4v) is 3.68. The molecule has 0 atom stereocenters. The zero-order valence-corrected chi connectivity index (χ0v) is 18.2. The van der Waals surface area contributed by atoms with Crippen molar-refractivity contribution in [3.63, 3.8) is 0 Å².